The molecule has 0 radical (unpaired) electrons. The van der Waals surface area contributed by atoms with Crippen molar-refractivity contribution < 1.29 is 4.74 Å². The van der Waals surface area contributed by atoms with Gasteiger partial charge in [-0.25, -0.2) is 0 Å². The number of halogens is 1. The van der Waals surface area contributed by atoms with Crippen molar-refractivity contribution in [3.63, 3.8) is 0 Å². The lowest BCUT2D eigenvalue weighted by Crippen LogP contribution is -2.46. The molecule has 4 rings (SSSR count). The Morgan fingerprint density at radius 3 is 2.62 bits per heavy atom. The number of hydrogen-bond donors (Lipinski definition) is 1. The van der Waals surface area contributed by atoms with Crippen LogP contribution in [0.3, 0.4) is 0 Å². The summed E-state index contributed by atoms with van der Waals surface area (Å²) in [7, 11) is 1.90. The average molecular weight is 376 g/mol. The molecule has 1 atom stereocenters. The second-order valence-corrected chi connectivity index (χ2v) is 8.81. The molecule has 2 heterocycles. The fourth-order valence-corrected chi connectivity index (χ4v) is 5.22. The van der Waals surface area contributed by atoms with Gasteiger partial charge in [0.2, 0.25) is 0 Å². The van der Waals surface area contributed by atoms with Gasteiger partial charge in [0.05, 0.1) is 6.61 Å². The molecule has 1 aromatic rings. The third kappa shape index (κ3) is 3.46. The molecule has 1 aliphatic carbocycles. The number of nitrogens with one attached hydrogen (secondary N) is 1. The van der Waals surface area contributed by atoms with E-state index in [2.05, 4.69) is 27.3 Å². The van der Waals surface area contributed by atoms with E-state index in [1.54, 1.807) is 0 Å². The normalized spacial score (nSPS) is 28.2. The molecule has 0 bridgehead atoms. The molecule has 142 valence electrons. The molecule has 1 saturated carbocycles. The fourth-order valence-electron chi connectivity index (χ4n) is 5.09. The predicted molar refractivity (Wildman–Crippen MR) is 107 cm³/mol. The van der Waals surface area contributed by atoms with Gasteiger partial charge in [0.1, 0.15) is 0 Å². The number of guanidine groups is 1. The standard InChI is InChI=1S/C21H30ClN3O/c1-23-19(25-12-10-20(15-25)11-13-26-16-20)24-14-21(8-2-3-9-21)17-4-6-18(22)7-5-17/h4-7H,2-3,8-16H2,1H3,(H,23,24). The van der Waals surface area contributed by atoms with E-state index >= 15 is 0 Å². The lowest BCUT2D eigenvalue weighted by Gasteiger charge is -2.33. The van der Waals surface area contributed by atoms with E-state index in [4.69, 9.17) is 16.3 Å². The number of likely N-dealkylation sites (tertiary alicyclic amines) is 1. The van der Waals surface area contributed by atoms with Crippen LogP contribution in [0.25, 0.3) is 0 Å². The van der Waals surface area contributed by atoms with E-state index in [1.807, 2.05) is 19.2 Å². The van der Waals surface area contributed by atoms with Gasteiger partial charge in [-0.15, -0.1) is 0 Å². The Labute approximate surface area is 162 Å². The highest BCUT2D eigenvalue weighted by Crippen LogP contribution is 2.41. The van der Waals surface area contributed by atoms with Crippen LogP contribution in [0.15, 0.2) is 29.3 Å². The lowest BCUT2D eigenvalue weighted by atomic mass is 9.79. The maximum Gasteiger partial charge on any atom is 0.193 e. The van der Waals surface area contributed by atoms with Gasteiger partial charge >= 0.3 is 0 Å². The second kappa shape index (κ2) is 7.40. The molecular weight excluding hydrogens is 346 g/mol. The molecular formula is C21H30ClN3O. The summed E-state index contributed by atoms with van der Waals surface area (Å²) in [5.74, 6) is 1.05. The Bertz CT molecular complexity index is 646. The highest BCUT2D eigenvalue weighted by Gasteiger charge is 2.43. The monoisotopic (exact) mass is 375 g/mol. The quantitative estimate of drug-likeness (QED) is 0.644. The zero-order chi connectivity index (χ0) is 18.0. The predicted octanol–water partition coefficient (Wildman–Crippen LogP) is 3.84. The summed E-state index contributed by atoms with van der Waals surface area (Å²) >= 11 is 6.11. The van der Waals surface area contributed by atoms with Crippen molar-refractivity contribution in [2.24, 2.45) is 10.4 Å². The fraction of sp³-hybridized carbons (Fsp3) is 0.667. The zero-order valence-corrected chi connectivity index (χ0v) is 16.5. The minimum absolute atomic E-state index is 0.203. The minimum atomic E-state index is 0.203. The first-order valence-electron chi connectivity index (χ1n) is 9.94. The summed E-state index contributed by atoms with van der Waals surface area (Å²) in [5, 5.41) is 4.53. The number of rotatable bonds is 3. The number of ether oxygens (including phenoxy) is 1. The van der Waals surface area contributed by atoms with Gasteiger partial charge in [-0.2, -0.15) is 0 Å². The van der Waals surface area contributed by atoms with Crippen LogP contribution in [0.5, 0.6) is 0 Å². The van der Waals surface area contributed by atoms with Gasteiger partial charge in [-0.1, -0.05) is 36.6 Å². The van der Waals surface area contributed by atoms with Crippen molar-refractivity contribution in [3.8, 4) is 0 Å². The second-order valence-electron chi connectivity index (χ2n) is 8.37. The SMILES string of the molecule is CN=C(NCC1(c2ccc(Cl)cc2)CCCC1)N1CCC2(CCOC2)C1. The highest BCUT2D eigenvalue weighted by atomic mass is 35.5. The van der Waals surface area contributed by atoms with Crippen LogP contribution in [0, 0.1) is 5.41 Å². The molecule has 0 aromatic heterocycles. The summed E-state index contributed by atoms with van der Waals surface area (Å²) in [6, 6.07) is 8.46. The van der Waals surface area contributed by atoms with E-state index < -0.39 is 0 Å². The zero-order valence-electron chi connectivity index (χ0n) is 15.8. The highest BCUT2D eigenvalue weighted by molar-refractivity contribution is 6.30. The molecule has 3 fully saturated rings. The van der Waals surface area contributed by atoms with Crippen LogP contribution >= 0.6 is 11.6 Å². The van der Waals surface area contributed by atoms with Crippen molar-refractivity contribution in [1.29, 1.82) is 0 Å². The smallest absolute Gasteiger partial charge is 0.193 e. The van der Waals surface area contributed by atoms with E-state index in [0.29, 0.717) is 5.41 Å². The van der Waals surface area contributed by atoms with Crippen molar-refractivity contribution >= 4 is 17.6 Å². The van der Waals surface area contributed by atoms with Gasteiger partial charge in [-0.05, 0) is 43.4 Å². The molecule has 0 amide bonds. The van der Waals surface area contributed by atoms with E-state index in [0.717, 1.165) is 43.8 Å². The number of hydrogen-bond acceptors (Lipinski definition) is 2. The van der Waals surface area contributed by atoms with Crippen LogP contribution in [-0.4, -0.2) is 50.8 Å². The molecule has 5 heteroatoms. The number of aliphatic imine (C=N–C) groups is 1. The van der Waals surface area contributed by atoms with E-state index in [1.165, 1.54) is 44.1 Å². The molecule has 1 spiro atoms. The summed E-state index contributed by atoms with van der Waals surface area (Å²) < 4.78 is 5.67. The maximum absolute atomic E-state index is 6.11. The Hall–Kier alpha value is -1.26. The first-order valence-corrected chi connectivity index (χ1v) is 10.3. The van der Waals surface area contributed by atoms with E-state index in [9.17, 15) is 0 Å². The first kappa shape index (κ1) is 18.1. The van der Waals surface area contributed by atoms with Crippen molar-refractivity contribution in [2.75, 3.05) is 39.9 Å². The molecule has 1 N–H and O–H groups in total. The molecule has 4 nitrogen and oxygen atoms in total. The Kier molecular flexibility index (Phi) is 5.15. The van der Waals surface area contributed by atoms with Crippen molar-refractivity contribution in [3.05, 3.63) is 34.9 Å². The lowest BCUT2D eigenvalue weighted by molar-refractivity contribution is 0.156. The summed E-state index contributed by atoms with van der Waals surface area (Å²) in [4.78, 5) is 7.02. The molecule has 1 unspecified atom stereocenters. The largest absolute Gasteiger partial charge is 0.381 e. The summed E-state index contributed by atoms with van der Waals surface area (Å²) in [6.07, 6.45) is 7.47. The molecule has 2 saturated heterocycles. The number of nitrogens with zero attached hydrogens (tertiary/aromatic N) is 2. The van der Waals surface area contributed by atoms with Gasteiger partial charge in [0.25, 0.3) is 0 Å². The van der Waals surface area contributed by atoms with Crippen LogP contribution in [0.2, 0.25) is 5.02 Å². The Morgan fingerprint density at radius 1 is 1.19 bits per heavy atom. The van der Waals surface area contributed by atoms with Crippen molar-refractivity contribution in [1.82, 2.24) is 10.2 Å². The van der Waals surface area contributed by atoms with Crippen LogP contribution in [0.4, 0.5) is 0 Å². The average Bonchev–Trinajstić information content (AvgIpc) is 3.40. The first-order chi connectivity index (χ1) is 12.6. The summed E-state index contributed by atoms with van der Waals surface area (Å²) in [5.41, 5.74) is 1.97. The summed E-state index contributed by atoms with van der Waals surface area (Å²) in [6.45, 7) is 4.92. The van der Waals surface area contributed by atoms with Gasteiger partial charge in [0, 0.05) is 49.1 Å². The van der Waals surface area contributed by atoms with Gasteiger partial charge in [0.15, 0.2) is 5.96 Å². The Morgan fingerprint density at radius 2 is 1.96 bits per heavy atom. The minimum Gasteiger partial charge on any atom is -0.381 e. The topological polar surface area (TPSA) is 36.9 Å². The molecule has 2 aliphatic heterocycles. The maximum atomic E-state index is 6.11. The van der Waals surface area contributed by atoms with Crippen molar-refractivity contribution in [2.45, 2.75) is 43.9 Å². The molecule has 26 heavy (non-hydrogen) atoms. The van der Waals surface area contributed by atoms with Crippen LogP contribution in [-0.2, 0) is 10.2 Å². The molecule has 3 aliphatic rings. The third-order valence-electron chi connectivity index (χ3n) is 6.74. The van der Waals surface area contributed by atoms with E-state index in [-0.39, 0.29) is 5.41 Å². The Balaban J connectivity index is 1.44. The number of benzene rings is 1. The van der Waals surface area contributed by atoms with Crippen LogP contribution < -0.4 is 5.32 Å². The van der Waals surface area contributed by atoms with Gasteiger partial charge < -0.3 is 15.0 Å². The van der Waals surface area contributed by atoms with Gasteiger partial charge in [-0.3, -0.25) is 4.99 Å². The third-order valence-corrected chi connectivity index (χ3v) is 6.99. The van der Waals surface area contributed by atoms with Crippen LogP contribution in [0.1, 0.15) is 44.1 Å². The molecule has 1 aromatic carbocycles.